The largest absolute Gasteiger partial charge is 0.493 e. The van der Waals surface area contributed by atoms with E-state index in [-0.39, 0.29) is 17.9 Å². The summed E-state index contributed by atoms with van der Waals surface area (Å²) in [5.41, 5.74) is 0.624. The third-order valence-corrected chi connectivity index (χ3v) is 6.25. The van der Waals surface area contributed by atoms with Crippen LogP contribution in [0.3, 0.4) is 0 Å². The molecule has 0 saturated heterocycles. The molecule has 1 amide bonds. The summed E-state index contributed by atoms with van der Waals surface area (Å²) in [6.07, 6.45) is 6.42. The van der Waals surface area contributed by atoms with Gasteiger partial charge < -0.3 is 14.6 Å². The monoisotopic (exact) mass is 379 g/mol. The average Bonchev–Trinajstić information content (AvgIpc) is 3.41. The highest BCUT2D eigenvalue weighted by Crippen LogP contribution is 2.54. The minimum Gasteiger partial charge on any atom is -0.493 e. The molecule has 0 radical (unpaired) electrons. The maximum absolute atomic E-state index is 13.2. The Morgan fingerprint density at radius 3 is 2.50 bits per heavy atom. The molecule has 0 aromatic heterocycles. The number of anilines is 1. The van der Waals surface area contributed by atoms with Crippen molar-refractivity contribution in [3.8, 4) is 11.5 Å². The molecule has 3 aliphatic rings. The van der Waals surface area contributed by atoms with Gasteiger partial charge in [-0.05, 0) is 56.7 Å². The van der Waals surface area contributed by atoms with Crippen LogP contribution in [0.25, 0.3) is 0 Å². The fourth-order valence-electron chi connectivity index (χ4n) is 4.67. The second-order valence-corrected chi connectivity index (χ2v) is 8.05. The molecular weight excluding hydrogens is 354 g/mol. The number of carbonyl (C=O) groups is 1. The molecule has 2 fully saturated rings. The van der Waals surface area contributed by atoms with Crippen LogP contribution in [-0.2, 0) is 5.72 Å². The lowest BCUT2D eigenvalue weighted by molar-refractivity contribution is 0.0186. The standard InChI is InChI=1S/C23H25NO4/c1-27-20-13-12-16(14-21(20)28-17-6-2-3-7-17)24-22(25)18-8-4-5-9-19(18)23(24,26)15-10-11-15/h4-5,8-9,12-15,17,26H,2-3,6-7,10-11H2,1H3. The summed E-state index contributed by atoms with van der Waals surface area (Å²) in [5, 5.41) is 11.7. The number of rotatable bonds is 5. The Hall–Kier alpha value is -2.53. The summed E-state index contributed by atoms with van der Waals surface area (Å²) in [7, 11) is 1.62. The number of benzene rings is 2. The Morgan fingerprint density at radius 1 is 1.04 bits per heavy atom. The molecule has 5 rings (SSSR count). The van der Waals surface area contributed by atoms with E-state index in [1.54, 1.807) is 18.1 Å². The van der Waals surface area contributed by atoms with E-state index in [2.05, 4.69) is 0 Å². The first kappa shape index (κ1) is 17.6. The summed E-state index contributed by atoms with van der Waals surface area (Å²) in [6, 6.07) is 12.9. The highest BCUT2D eigenvalue weighted by Gasteiger charge is 2.57. The molecule has 1 heterocycles. The second kappa shape index (κ2) is 6.52. The van der Waals surface area contributed by atoms with Crippen molar-refractivity contribution in [2.24, 2.45) is 5.92 Å². The van der Waals surface area contributed by atoms with Gasteiger partial charge in [0.15, 0.2) is 17.2 Å². The number of carbonyl (C=O) groups excluding carboxylic acids is 1. The molecule has 1 N–H and O–H groups in total. The topological polar surface area (TPSA) is 59.0 Å². The number of ether oxygens (including phenoxy) is 2. The zero-order valence-electron chi connectivity index (χ0n) is 16.1. The molecule has 28 heavy (non-hydrogen) atoms. The van der Waals surface area contributed by atoms with Crippen molar-refractivity contribution in [1.29, 1.82) is 0 Å². The number of fused-ring (bicyclic) bond motifs is 1. The molecule has 2 saturated carbocycles. The Bertz CT molecular complexity index is 917. The Morgan fingerprint density at radius 2 is 1.79 bits per heavy atom. The SMILES string of the molecule is COc1ccc(N2C(=O)c3ccccc3C2(O)C2CC2)cc1OC1CCCC1. The highest BCUT2D eigenvalue weighted by atomic mass is 16.5. The molecule has 146 valence electrons. The molecule has 1 atom stereocenters. The maximum atomic E-state index is 13.2. The van der Waals surface area contributed by atoms with E-state index in [4.69, 9.17) is 9.47 Å². The zero-order valence-corrected chi connectivity index (χ0v) is 16.1. The van der Waals surface area contributed by atoms with Crippen LogP contribution in [0.2, 0.25) is 0 Å². The predicted octanol–water partition coefficient (Wildman–Crippen LogP) is 4.23. The highest BCUT2D eigenvalue weighted by molar-refractivity contribution is 6.12. The van der Waals surface area contributed by atoms with Gasteiger partial charge in [-0.1, -0.05) is 18.2 Å². The van der Waals surface area contributed by atoms with Crippen molar-refractivity contribution in [2.45, 2.75) is 50.4 Å². The molecule has 2 aromatic carbocycles. The molecule has 2 aliphatic carbocycles. The Kier molecular flexibility index (Phi) is 4.09. The first-order valence-electron chi connectivity index (χ1n) is 10.1. The zero-order chi connectivity index (χ0) is 19.3. The minimum absolute atomic E-state index is 0.0569. The van der Waals surface area contributed by atoms with Crippen molar-refractivity contribution in [3.63, 3.8) is 0 Å². The summed E-state index contributed by atoms with van der Waals surface area (Å²) < 4.78 is 11.7. The molecule has 0 spiro atoms. The first-order chi connectivity index (χ1) is 13.6. The molecule has 0 bridgehead atoms. The van der Waals surface area contributed by atoms with E-state index in [1.807, 2.05) is 36.4 Å². The van der Waals surface area contributed by atoms with Crippen molar-refractivity contribution in [3.05, 3.63) is 53.6 Å². The van der Waals surface area contributed by atoms with Crippen LogP contribution >= 0.6 is 0 Å². The van der Waals surface area contributed by atoms with Gasteiger partial charge in [-0.25, -0.2) is 0 Å². The van der Waals surface area contributed by atoms with E-state index in [0.29, 0.717) is 28.3 Å². The molecule has 1 aliphatic heterocycles. The van der Waals surface area contributed by atoms with E-state index >= 15 is 0 Å². The average molecular weight is 379 g/mol. The molecule has 5 nitrogen and oxygen atoms in total. The number of amides is 1. The second-order valence-electron chi connectivity index (χ2n) is 8.05. The lowest BCUT2D eigenvalue weighted by atomic mass is 9.96. The van der Waals surface area contributed by atoms with Gasteiger partial charge in [-0.3, -0.25) is 9.69 Å². The number of methoxy groups -OCH3 is 1. The number of hydrogen-bond donors (Lipinski definition) is 1. The fourth-order valence-corrected chi connectivity index (χ4v) is 4.67. The fraction of sp³-hybridized carbons (Fsp3) is 0.435. The van der Waals surface area contributed by atoms with Gasteiger partial charge in [0.25, 0.3) is 5.91 Å². The van der Waals surface area contributed by atoms with Crippen LogP contribution in [-0.4, -0.2) is 24.2 Å². The molecule has 1 unspecified atom stereocenters. The Balaban J connectivity index is 1.57. The first-order valence-corrected chi connectivity index (χ1v) is 10.1. The van der Waals surface area contributed by atoms with Crippen LogP contribution < -0.4 is 14.4 Å². The van der Waals surface area contributed by atoms with Crippen molar-refractivity contribution < 1.29 is 19.4 Å². The van der Waals surface area contributed by atoms with Gasteiger partial charge in [-0.15, -0.1) is 0 Å². The third kappa shape index (κ3) is 2.60. The summed E-state index contributed by atoms with van der Waals surface area (Å²) >= 11 is 0. The molecule has 2 aromatic rings. The number of nitrogens with zero attached hydrogens (tertiary/aromatic N) is 1. The van der Waals surface area contributed by atoms with E-state index in [0.717, 1.165) is 25.7 Å². The summed E-state index contributed by atoms with van der Waals surface area (Å²) in [4.78, 5) is 14.8. The van der Waals surface area contributed by atoms with Crippen LogP contribution in [0.5, 0.6) is 11.5 Å². The van der Waals surface area contributed by atoms with E-state index in [9.17, 15) is 9.90 Å². The minimum atomic E-state index is -1.30. The van der Waals surface area contributed by atoms with Crippen molar-refractivity contribution >= 4 is 11.6 Å². The lowest BCUT2D eigenvalue weighted by Gasteiger charge is -2.35. The van der Waals surface area contributed by atoms with Crippen LogP contribution in [0.4, 0.5) is 5.69 Å². The lowest BCUT2D eigenvalue weighted by Crippen LogP contribution is -2.45. The summed E-state index contributed by atoms with van der Waals surface area (Å²) in [6.45, 7) is 0. The van der Waals surface area contributed by atoms with Crippen molar-refractivity contribution in [2.75, 3.05) is 12.0 Å². The molecule has 5 heteroatoms. The number of aliphatic hydroxyl groups is 1. The predicted molar refractivity (Wildman–Crippen MR) is 106 cm³/mol. The quantitative estimate of drug-likeness (QED) is 0.845. The van der Waals surface area contributed by atoms with Crippen molar-refractivity contribution in [1.82, 2.24) is 0 Å². The third-order valence-electron chi connectivity index (χ3n) is 6.25. The van der Waals surface area contributed by atoms with Gasteiger partial charge in [0.1, 0.15) is 0 Å². The van der Waals surface area contributed by atoms with Crippen LogP contribution in [0, 0.1) is 5.92 Å². The van der Waals surface area contributed by atoms with Gasteiger partial charge in [-0.2, -0.15) is 0 Å². The normalized spacial score (nSPS) is 24.5. The van der Waals surface area contributed by atoms with Crippen LogP contribution in [0.1, 0.15) is 54.4 Å². The summed E-state index contributed by atoms with van der Waals surface area (Å²) in [5.74, 6) is 1.17. The maximum Gasteiger partial charge on any atom is 0.261 e. The molecular formula is C23H25NO4. The number of hydrogen-bond acceptors (Lipinski definition) is 4. The van der Waals surface area contributed by atoms with E-state index < -0.39 is 5.72 Å². The smallest absolute Gasteiger partial charge is 0.261 e. The van der Waals surface area contributed by atoms with Gasteiger partial charge in [0.2, 0.25) is 0 Å². The Labute approximate surface area is 164 Å². The van der Waals surface area contributed by atoms with E-state index in [1.165, 1.54) is 12.8 Å². The van der Waals surface area contributed by atoms with Gasteiger partial charge >= 0.3 is 0 Å². The van der Waals surface area contributed by atoms with Gasteiger partial charge in [0, 0.05) is 23.1 Å². The van der Waals surface area contributed by atoms with Gasteiger partial charge in [0.05, 0.1) is 18.9 Å². The van der Waals surface area contributed by atoms with Crippen LogP contribution in [0.15, 0.2) is 42.5 Å².